The molecule has 9 heteroatoms. The van der Waals surface area contributed by atoms with Crippen LogP contribution in [0.2, 0.25) is 0 Å². The first-order valence-corrected chi connectivity index (χ1v) is 11.2. The number of halogens is 2. The lowest BCUT2D eigenvalue weighted by atomic mass is 10.1. The van der Waals surface area contributed by atoms with E-state index in [-0.39, 0.29) is 23.8 Å². The molecule has 0 spiro atoms. The van der Waals surface area contributed by atoms with Crippen LogP contribution in [-0.2, 0) is 9.59 Å². The molecule has 32 heavy (non-hydrogen) atoms. The highest BCUT2D eigenvalue weighted by molar-refractivity contribution is 9.11. The molecular formula is C23H14Br2N4O3. The number of rotatable bonds is 3. The van der Waals surface area contributed by atoms with Gasteiger partial charge >= 0.3 is 0 Å². The zero-order valence-corrected chi connectivity index (χ0v) is 19.6. The molecule has 0 bridgehead atoms. The fraction of sp³-hybridized carbons (Fsp3) is 0.0435. The Balaban J connectivity index is 1.72. The van der Waals surface area contributed by atoms with Gasteiger partial charge in [0.05, 0.1) is 22.3 Å². The molecule has 3 aromatic carbocycles. The maximum atomic E-state index is 13.6. The van der Waals surface area contributed by atoms with Crippen molar-refractivity contribution in [3.63, 3.8) is 0 Å². The number of hydrogen-bond acceptors (Lipinski definition) is 4. The molecule has 1 aliphatic rings. The van der Waals surface area contributed by atoms with E-state index in [0.29, 0.717) is 32.6 Å². The Bertz CT molecular complexity index is 1450. The van der Waals surface area contributed by atoms with Crippen molar-refractivity contribution in [2.24, 2.45) is 0 Å². The molecule has 1 fully saturated rings. The largest absolute Gasteiger partial charge is 0.273 e. The summed E-state index contributed by atoms with van der Waals surface area (Å²) in [6, 6.07) is 19.9. The molecule has 2 amide bonds. The second-order valence-corrected chi connectivity index (χ2v) is 8.95. The van der Waals surface area contributed by atoms with Gasteiger partial charge in [0.15, 0.2) is 0 Å². The van der Waals surface area contributed by atoms with Crippen LogP contribution in [0.1, 0.15) is 6.42 Å². The molecule has 0 atom stereocenters. The molecule has 2 heterocycles. The highest BCUT2D eigenvalue weighted by Crippen LogP contribution is 2.29. The third kappa shape index (κ3) is 3.53. The molecule has 0 unspecified atom stereocenters. The number of benzene rings is 3. The summed E-state index contributed by atoms with van der Waals surface area (Å²) in [5.41, 5.74) is 4.74. The standard InChI is InChI=1S/C23H14Br2N4O3/c24-14-10-17-21(18(25)11-14)26-22(13-4-2-1-3-5-13)28(23(17)32)15-6-8-16(9-7-15)29-20(31)12-19(30)27-29/h1-11H,12H2,(H,27,30). The Hall–Kier alpha value is -3.30. The van der Waals surface area contributed by atoms with Crippen molar-refractivity contribution < 1.29 is 9.59 Å². The van der Waals surface area contributed by atoms with Crippen LogP contribution in [0.25, 0.3) is 28.0 Å². The van der Waals surface area contributed by atoms with E-state index >= 15 is 0 Å². The highest BCUT2D eigenvalue weighted by atomic mass is 79.9. The third-order valence-electron chi connectivity index (χ3n) is 5.09. The van der Waals surface area contributed by atoms with E-state index in [4.69, 9.17) is 4.98 Å². The second kappa shape index (κ2) is 7.99. The average molecular weight is 554 g/mol. The van der Waals surface area contributed by atoms with Crippen molar-refractivity contribution in [2.45, 2.75) is 6.42 Å². The third-order valence-corrected chi connectivity index (χ3v) is 6.15. The maximum absolute atomic E-state index is 13.6. The van der Waals surface area contributed by atoms with Crippen LogP contribution in [0.15, 0.2) is 80.5 Å². The molecule has 1 aromatic heterocycles. The van der Waals surface area contributed by atoms with Crippen molar-refractivity contribution in [2.75, 3.05) is 5.01 Å². The Morgan fingerprint density at radius 3 is 2.22 bits per heavy atom. The molecular weight excluding hydrogens is 540 g/mol. The van der Waals surface area contributed by atoms with Gasteiger partial charge in [-0.15, -0.1) is 0 Å². The number of hydrogen-bond donors (Lipinski definition) is 1. The fourth-order valence-electron chi connectivity index (χ4n) is 3.64. The summed E-state index contributed by atoms with van der Waals surface area (Å²) < 4.78 is 3.01. The number of aromatic nitrogens is 2. The smallest absolute Gasteiger partial charge is 0.266 e. The Labute approximate surface area is 198 Å². The minimum atomic E-state index is -0.350. The fourth-order valence-corrected chi connectivity index (χ4v) is 4.95. The zero-order valence-electron chi connectivity index (χ0n) is 16.4. The van der Waals surface area contributed by atoms with Crippen LogP contribution < -0.4 is 16.0 Å². The number of nitrogens with one attached hydrogen (secondary N) is 1. The maximum Gasteiger partial charge on any atom is 0.266 e. The van der Waals surface area contributed by atoms with Crippen molar-refractivity contribution >= 4 is 60.3 Å². The lowest BCUT2D eigenvalue weighted by Gasteiger charge is -2.18. The van der Waals surface area contributed by atoms with Crippen molar-refractivity contribution in [1.29, 1.82) is 0 Å². The predicted molar refractivity (Wildman–Crippen MR) is 128 cm³/mol. The van der Waals surface area contributed by atoms with Crippen molar-refractivity contribution in [3.05, 3.63) is 86.0 Å². The molecule has 1 aliphatic heterocycles. The number of carbonyl (C=O) groups is 2. The summed E-state index contributed by atoms with van der Waals surface area (Å²) in [5.74, 6) is -0.187. The van der Waals surface area contributed by atoms with Crippen LogP contribution in [0.5, 0.6) is 0 Å². The lowest BCUT2D eigenvalue weighted by molar-refractivity contribution is -0.122. The van der Waals surface area contributed by atoms with Gasteiger partial charge in [-0.2, -0.15) is 0 Å². The molecule has 7 nitrogen and oxygen atoms in total. The van der Waals surface area contributed by atoms with E-state index in [0.717, 1.165) is 10.0 Å². The number of anilines is 1. The Kier molecular flexibility index (Phi) is 5.15. The molecule has 0 radical (unpaired) electrons. The first-order chi connectivity index (χ1) is 15.4. The van der Waals surface area contributed by atoms with Crippen LogP contribution >= 0.6 is 31.9 Å². The monoisotopic (exact) mass is 552 g/mol. The molecule has 158 valence electrons. The van der Waals surface area contributed by atoms with E-state index in [9.17, 15) is 14.4 Å². The Morgan fingerprint density at radius 1 is 0.875 bits per heavy atom. The summed E-state index contributed by atoms with van der Waals surface area (Å²) in [7, 11) is 0. The molecule has 1 saturated heterocycles. The summed E-state index contributed by atoms with van der Waals surface area (Å²) in [6.07, 6.45) is -0.183. The van der Waals surface area contributed by atoms with Crippen molar-refractivity contribution in [1.82, 2.24) is 15.0 Å². The quantitative estimate of drug-likeness (QED) is 0.382. The van der Waals surface area contributed by atoms with Gasteiger partial charge in [0.2, 0.25) is 5.91 Å². The second-order valence-electron chi connectivity index (χ2n) is 7.18. The predicted octanol–water partition coefficient (Wildman–Crippen LogP) is 4.35. The number of fused-ring (bicyclic) bond motifs is 1. The Morgan fingerprint density at radius 2 is 1.56 bits per heavy atom. The highest BCUT2D eigenvalue weighted by Gasteiger charge is 2.28. The summed E-state index contributed by atoms with van der Waals surface area (Å²) in [6.45, 7) is 0. The summed E-state index contributed by atoms with van der Waals surface area (Å²) >= 11 is 6.96. The van der Waals surface area contributed by atoms with Gasteiger partial charge in [0, 0.05) is 14.5 Å². The zero-order chi connectivity index (χ0) is 22.4. The summed E-state index contributed by atoms with van der Waals surface area (Å²) in [4.78, 5) is 42.0. The minimum Gasteiger partial charge on any atom is -0.273 e. The van der Waals surface area contributed by atoms with Crippen molar-refractivity contribution in [3.8, 4) is 17.1 Å². The first kappa shape index (κ1) is 20.6. The molecule has 1 N–H and O–H groups in total. The minimum absolute atomic E-state index is 0.183. The molecule has 4 aromatic rings. The van der Waals surface area contributed by atoms with Gasteiger partial charge in [0.1, 0.15) is 12.2 Å². The van der Waals surface area contributed by atoms with E-state index in [1.54, 1.807) is 34.9 Å². The number of hydrazine groups is 1. The van der Waals surface area contributed by atoms with Gasteiger partial charge in [-0.05, 0) is 52.3 Å². The average Bonchev–Trinajstić information content (AvgIpc) is 3.13. The van der Waals surface area contributed by atoms with E-state index in [1.807, 2.05) is 36.4 Å². The van der Waals surface area contributed by atoms with E-state index in [2.05, 4.69) is 37.3 Å². The van der Waals surface area contributed by atoms with Crippen LogP contribution in [0.4, 0.5) is 5.69 Å². The molecule has 0 aliphatic carbocycles. The van der Waals surface area contributed by atoms with Crippen LogP contribution in [-0.4, -0.2) is 21.4 Å². The van der Waals surface area contributed by atoms with Gasteiger partial charge < -0.3 is 0 Å². The number of nitrogens with zero attached hydrogens (tertiary/aromatic N) is 3. The van der Waals surface area contributed by atoms with Gasteiger partial charge in [-0.25, -0.2) is 9.99 Å². The molecule has 0 saturated carbocycles. The number of carbonyl (C=O) groups excluding carboxylic acids is 2. The van der Waals surface area contributed by atoms with Gasteiger partial charge in [-0.3, -0.25) is 24.4 Å². The van der Waals surface area contributed by atoms with Crippen LogP contribution in [0, 0.1) is 0 Å². The van der Waals surface area contributed by atoms with Gasteiger partial charge in [0.25, 0.3) is 11.5 Å². The first-order valence-electron chi connectivity index (χ1n) is 9.62. The van der Waals surface area contributed by atoms with Gasteiger partial charge in [-0.1, -0.05) is 46.3 Å². The summed E-state index contributed by atoms with van der Waals surface area (Å²) in [5, 5.41) is 1.66. The molecule has 5 rings (SSSR count). The van der Waals surface area contributed by atoms with Crippen LogP contribution in [0.3, 0.4) is 0 Å². The SMILES string of the molecule is O=C1CC(=O)N(c2ccc(-n3c(-c4ccccc4)nc4c(Br)cc(Br)cc4c3=O)cc2)N1. The topological polar surface area (TPSA) is 84.3 Å². The van der Waals surface area contributed by atoms with E-state index < -0.39 is 0 Å². The lowest BCUT2D eigenvalue weighted by Crippen LogP contribution is -2.35. The van der Waals surface area contributed by atoms with E-state index in [1.165, 1.54) is 5.01 Å². The normalized spacial score (nSPS) is 13.6. The number of amides is 2.